The van der Waals surface area contributed by atoms with Crippen molar-refractivity contribution in [3.05, 3.63) is 51.7 Å². The molecule has 0 radical (unpaired) electrons. The van der Waals surface area contributed by atoms with Crippen LogP contribution in [0.2, 0.25) is 0 Å². The number of ether oxygens (including phenoxy) is 3. The second-order valence-electron chi connectivity index (χ2n) is 4.94. The van der Waals surface area contributed by atoms with Crippen molar-refractivity contribution in [1.29, 1.82) is 0 Å². The number of halogens is 1. The van der Waals surface area contributed by atoms with Crippen molar-refractivity contribution in [3.63, 3.8) is 0 Å². The highest BCUT2D eigenvalue weighted by molar-refractivity contribution is 14.1. The van der Waals surface area contributed by atoms with E-state index in [0.29, 0.717) is 34.1 Å². The molecule has 24 heavy (non-hydrogen) atoms. The number of benzene rings is 2. The van der Waals surface area contributed by atoms with Crippen molar-refractivity contribution >= 4 is 39.8 Å². The van der Waals surface area contributed by atoms with E-state index in [9.17, 15) is 4.79 Å². The third-order valence-corrected chi connectivity index (χ3v) is 4.20. The van der Waals surface area contributed by atoms with Crippen molar-refractivity contribution in [2.75, 3.05) is 14.2 Å². The highest BCUT2D eigenvalue weighted by Crippen LogP contribution is 2.37. The number of pyridine rings is 1. The fraction of sp³-hybridized carbons (Fsp3) is 0.111. The molecular weight excluding hydrogens is 421 g/mol. The Morgan fingerprint density at radius 2 is 1.71 bits per heavy atom. The van der Waals surface area contributed by atoms with Gasteiger partial charge in [-0.3, -0.25) is 9.78 Å². The number of carbonyl (C=O) groups is 1. The van der Waals surface area contributed by atoms with E-state index in [1.54, 1.807) is 44.7 Å². The van der Waals surface area contributed by atoms with E-state index in [4.69, 9.17) is 14.2 Å². The fourth-order valence-electron chi connectivity index (χ4n) is 2.36. The molecule has 1 heterocycles. The number of fused-ring (bicyclic) bond motifs is 1. The van der Waals surface area contributed by atoms with Crippen molar-refractivity contribution < 1.29 is 19.0 Å². The van der Waals surface area contributed by atoms with Crippen LogP contribution < -0.4 is 14.2 Å². The summed E-state index contributed by atoms with van der Waals surface area (Å²) in [6.45, 7) is 0. The minimum atomic E-state index is 0.493. The highest BCUT2D eigenvalue weighted by atomic mass is 127. The summed E-state index contributed by atoms with van der Waals surface area (Å²) in [4.78, 5) is 15.6. The molecule has 5 nitrogen and oxygen atoms in total. The summed E-state index contributed by atoms with van der Waals surface area (Å²) < 4.78 is 17.6. The molecule has 0 unspecified atom stereocenters. The molecule has 0 spiro atoms. The van der Waals surface area contributed by atoms with Crippen LogP contribution >= 0.6 is 22.6 Å². The number of rotatable bonds is 5. The number of carbonyl (C=O) groups excluding carboxylic acids is 1. The van der Waals surface area contributed by atoms with Gasteiger partial charge in [0.05, 0.1) is 25.3 Å². The first-order valence-electron chi connectivity index (χ1n) is 7.09. The lowest BCUT2D eigenvalue weighted by atomic mass is 10.1. The summed E-state index contributed by atoms with van der Waals surface area (Å²) in [6, 6.07) is 10.8. The molecule has 3 aromatic rings. The lowest BCUT2D eigenvalue weighted by Gasteiger charge is -2.13. The average molecular weight is 435 g/mol. The highest BCUT2D eigenvalue weighted by Gasteiger charge is 2.12. The Bertz CT molecular complexity index is 911. The van der Waals surface area contributed by atoms with Gasteiger partial charge in [0, 0.05) is 21.2 Å². The average Bonchev–Trinajstić information content (AvgIpc) is 2.62. The third-order valence-electron chi connectivity index (χ3n) is 3.53. The normalized spacial score (nSPS) is 10.5. The van der Waals surface area contributed by atoms with Gasteiger partial charge >= 0.3 is 0 Å². The molecule has 0 aliphatic rings. The van der Waals surface area contributed by atoms with Gasteiger partial charge in [-0.2, -0.15) is 0 Å². The van der Waals surface area contributed by atoms with Crippen molar-refractivity contribution in [3.8, 4) is 23.0 Å². The summed E-state index contributed by atoms with van der Waals surface area (Å²) in [5.41, 5.74) is 1.20. The Labute approximate surface area is 152 Å². The van der Waals surface area contributed by atoms with Gasteiger partial charge in [-0.05, 0) is 52.9 Å². The number of hydrogen-bond donors (Lipinski definition) is 0. The van der Waals surface area contributed by atoms with E-state index in [1.807, 2.05) is 12.1 Å². The number of aromatic nitrogens is 1. The first kappa shape index (κ1) is 16.5. The molecule has 1 aromatic heterocycles. The standard InChI is InChI=1S/C18H14INO4/c1-22-17-8-13-14(9-18(17)23-2)20-6-5-16(13)24-15-4-3-12(19)7-11(15)10-21/h3-10H,1-2H3. The largest absolute Gasteiger partial charge is 0.493 e. The van der Waals surface area contributed by atoms with Crippen LogP contribution in [0.25, 0.3) is 10.9 Å². The Morgan fingerprint density at radius 3 is 2.42 bits per heavy atom. The minimum absolute atomic E-state index is 0.493. The zero-order chi connectivity index (χ0) is 17.1. The van der Waals surface area contributed by atoms with Crippen LogP contribution in [0.15, 0.2) is 42.6 Å². The molecule has 0 amide bonds. The van der Waals surface area contributed by atoms with E-state index in [-0.39, 0.29) is 0 Å². The molecule has 6 heteroatoms. The molecule has 0 bridgehead atoms. The van der Waals surface area contributed by atoms with Gasteiger partial charge in [0.25, 0.3) is 0 Å². The lowest BCUT2D eigenvalue weighted by Crippen LogP contribution is -1.95. The predicted octanol–water partition coefficient (Wildman–Crippen LogP) is 4.46. The Hall–Kier alpha value is -2.35. The van der Waals surface area contributed by atoms with E-state index < -0.39 is 0 Å². The zero-order valence-electron chi connectivity index (χ0n) is 13.1. The maximum Gasteiger partial charge on any atom is 0.162 e. The second kappa shape index (κ2) is 7.04. The molecule has 0 saturated heterocycles. The molecule has 122 valence electrons. The molecular formula is C18H14INO4. The van der Waals surface area contributed by atoms with Gasteiger partial charge in [-0.15, -0.1) is 0 Å². The summed E-state index contributed by atoms with van der Waals surface area (Å²) in [5, 5.41) is 0.769. The van der Waals surface area contributed by atoms with Gasteiger partial charge < -0.3 is 14.2 Å². The van der Waals surface area contributed by atoms with Gasteiger partial charge in [-0.1, -0.05) is 0 Å². The van der Waals surface area contributed by atoms with E-state index in [1.165, 1.54) is 0 Å². The Kier molecular flexibility index (Phi) is 4.84. The summed E-state index contributed by atoms with van der Waals surface area (Å²) in [5.74, 6) is 2.26. The molecule has 0 fully saturated rings. The smallest absolute Gasteiger partial charge is 0.162 e. The van der Waals surface area contributed by atoms with E-state index in [0.717, 1.165) is 15.2 Å². The van der Waals surface area contributed by atoms with Gasteiger partial charge in [-0.25, -0.2) is 0 Å². The Balaban J connectivity index is 2.11. The Morgan fingerprint density at radius 1 is 0.958 bits per heavy atom. The molecule has 0 saturated carbocycles. The number of nitrogens with zero attached hydrogens (tertiary/aromatic N) is 1. The lowest BCUT2D eigenvalue weighted by molar-refractivity contribution is 0.112. The van der Waals surface area contributed by atoms with Crippen LogP contribution in [0.1, 0.15) is 10.4 Å². The maximum absolute atomic E-state index is 11.3. The van der Waals surface area contributed by atoms with Crippen LogP contribution in [-0.4, -0.2) is 25.5 Å². The fourth-order valence-corrected chi connectivity index (χ4v) is 2.87. The topological polar surface area (TPSA) is 57.7 Å². The van der Waals surface area contributed by atoms with Gasteiger partial charge in [0.2, 0.25) is 0 Å². The quantitative estimate of drug-likeness (QED) is 0.438. The molecule has 2 aromatic carbocycles. The monoisotopic (exact) mass is 435 g/mol. The summed E-state index contributed by atoms with van der Waals surface area (Å²) in [7, 11) is 3.15. The SMILES string of the molecule is COc1cc2nccc(Oc3ccc(I)cc3C=O)c2cc1OC. The predicted molar refractivity (Wildman–Crippen MR) is 99.5 cm³/mol. The van der Waals surface area contributed by atoms with E-state index in [2.05, 4.69) is 27.6 Å². The number of aldehydes is 1. The zero-order valence-corrected chi connectivity index (χ0v) is 15.2. The van der Waals surface area contributed by atoms with Gasteiger partial charge in [0.1, 0.15) is 11.5 Å². The first-order chi connectivity index (χ1) is 11.7. The molecule has 3 rings (SSSR count). The van der Waals surface area contributed by atoms with Crippen LogP contribution in [0.3, 0.4) is 0 Å². The number of methoxy groups -OCH3 is 2. The van der Waals surface area contributed by atoms with Crippen LogP contribution in [0.5, 0.6) is 23.0 Å². The van der Waals surface area contributed by atoms with Gasteiger partial charge in [0.15, 0.2) is 17.8 Å². The molecule has 0 atom stereocenters. The maximum atomic E-state index is 11.3. The molecule has 0 aliphatic heterocycles. The van der Waals surface area contributed by atoms with Crippen LogP contribution in [-0.2, 0) is 0 Å². The third kappa shape index (κ3) is 3.14. The summed E-state index contributed by atoms with van der Waals surface area (Å²) in [6.07, 6.45) is 2.43. The molecule has 0 N–H and O–H groups in total. The second-order valence-corrected chi connectivity index (χ2v) is 6.18. The first-order valence-corrected chi connectivity index (χ1v) is 8.17. The van der Waals surface area contributed by atoms with Crippen LogP contribution in [0, 0.1) is 3.57 Å². The number of hydrogen-bond acceptors (Lipinski definition) is 5. The molecule has 0 aliphatic carbocycles. The van der Waals surface area contributed by atoms with Crippen molar-refractivity contribution in [2.45, 2.75) is 0 Å². The summed E-state index contributed by atoms with van der Waals surface area (Å²) >= 11 is 2.15. The van der Waals surface area contributed by atoms with Crippen LogP contribution in [0.4, 0.5) is 0 Å². The minimum Gasteiger partial charge on any atom is -0.493 e. The van der Waals surface area contributed by atoms with E-state index >= 15 is 0 Å². The van der Waals surface area contributed by atoms with Crippen molar-refractivity contribution in [1.82, 2.24) is 4.98 Å². The van der Waals surface area contributed by atoms with Crippen molar-refractivity contribution in [2.24, 2.45) is 0 Å².